The normalized spacial score (nSPS) is 26.9. The maximum atomic E-state index is 3.88. The molecule has 0 spiro atoms. The Morgan fingerprint density at radius 2 is 2.10 bits per heavy atom. The third-order valence-corrected chi connectivity index (χ3v) is 6.78. The summed E-state index contributed by atoms with van der Waals surface area (Å²) in [5, 5.41) is 3.88. The summed E-state index contributed by atoms with van der Waals surface area (Å²) in [7, 11) is 0. The van der Waals surface area contributed by atoms with E-state index in [9.17, 15) is 0 Å². The Bertz CT molecular complexity index is 451. The van der Waals surface area contributed by atoms with Crippen molar-refractivity contribution in [1.82, 2.24) is 10.2 Å². The van der Waals surface area contributed by atoms with Gasteiger partial charge < -0.3 is 5.32 Å². The van der Waals surface area contributed by atoms with Crippen LogP contribution in [0.15, 0.2) is 15.9 Å². The summed E-state index contributed by atoms with van der Waals surface area (Å²) in [6.45, 7) is 8.16. The standard InChI is InChI=1S/C16H25BrN2S/c1-3-16(4-2)11-19(10-13-7-8-15(17)20-13)14(9-18-16)12-5-6-12/h7-8,12,14,18H,3-6,9-11H2,1-2H3. The van der Waals surface area contributed by atoms with Crippen molar-refractivity contribution in [3.63, 3.8) is 0 Å². The highest BCUT2D eigenvalue weighted by molar-refractivity contribution is 9.11. The van der Waals surface area contributed by atoms with Gasteiger partial charge in [-0.2, -0.15) is 0 Å². The highest BCUT2D eigenvalue weighted by atomic mass is 79.9. The van der Waals surface area contributed by atoms with E-state index < -0.39 is 0 Å². The quantitative estimate of drug-likeness (QED) is 0.847. The fourth-order valence-corrected chi connectivity index (χ4v) is 5.00. The molecule has 0 aromatic carbocycles. The molecule has 1 aromatic heterocycles. The number of rotatable bonds is 5. The predicted octanol–water partition coefficient (Wildman–Crippen LogP) is 4.25. The highest BCUT2D eigenvalue weighted by Crippen LogP contribution is 2.39. The molecule has 1 saturated heterocycles. The van der Waals surface area contributed by atoms with Crippen molar-refractivity contribution in [3.8, 4) is 0 Å². The molecule has 1 aliphatic heterocycles. The Kier molecular flexibility index (Phi) is 4.56. The van der Waals surface area contributed by atoms with Gasteiger partial charge in [0.25, 0.3) is 0 Å². The number of hydrogen-bond acceptors (Lipinski definition) is 3. The van der Waals surface area contributed by atoms with Gasteiger partial charge in [-0.3, -0.25) is 4.90 Å². The molecule has 2 aliphatic rings. The fourth-order valence-electron chi connectivity index (χ4n) is 3.49. The molecule has 2 fully saturated rings. The van der Waals surface area contributed by atoms with Gasteiger partial charge >= 0.3 is 0 Å². The summed E-state index contributed by atoms with van der Waals surface area (Å²) in [5.74, 6) is 0.942. The number of thiophene rings is 1. The second-order valence-electron chi connectivity index (χ2n) is 6.38. The number of nitrogens with zero attached hydrogens (tertiary/aromatic N) is 1. The van der Waals surface area contributed by atoms with E-state index in [0.29, 0.717) is 5.54 Å². The molecule has 1 unspecified atom stereocenters. The molecule has 3 rings (SSSR count). The maximum absolute atomic E-state index is 3.88. The van der Waals surface area contributed by atoms with Crippen molar-refractivity contribution < 1.29 is 0 Å². The van der Waals surface area contributed by atoms with Crippen molar-refractivity contribution in [2.24, 2.45) is 5.92 Å². The van der Waals surface area contributed by atoms with E-state index in [1.54, 1.807) is 0 Å². The van der Waals surface area contributed by atoms with Crippen LogP contribution in [0.1, 0.15) is 44.4 Å². The smallest absolute Gasteiger partial charge is 0.0701 e. The molecule has 1 atom stereocenters. The van der Waals surface area contributed by atoms with Crippen LogP contribution in [0.4, 0.5) is 0 Å². The van der Waals surface area contributed by atoms with Gasteiger partial charge in [-0.05, 0) is 59.7 Å². The molecule has 1 saturated carbocycles. The van der Waals surface area contributed by atoms with Crippen LogP contribution in [0.5, 0.6) is 0 Å². The molecule has 1 aliphatic carbocycles. The zero-order valence-electron chi connectivity index (χ0n) is 12.5. The molecule has 112 valence electrons. The van der Waals surface area contributed by atoms with Gasteiger partial charge in [0, 0.05) is 36.1 Å². The van der Waals surface area contributed by atoms with Gasteiger partial charge in [0.2, 0.25) is 0 Å². The zero-order chi connectivity index (χ0) is 14.2. The van der Waals surface area contributed by atoms with Crippen molar-refractivity contribution in [1.29, 1.82) is 0 Å². The minimum absolute atomic E-state index is 0.333. The molecule has 1 aromatic rings. The molecule has 1 N–H and O–H groups in total. The lowest BCUT2D eigenvalue weighted by atomic mass is 9.87. The Morgan fingerprint density at radius 1 is 1.35 bits per heavy atom. The van der Waals surface area contributed by atoms with Gasteiger partial charge in [0.1, 0.15) is 0 Å². The van der Waals surface area contributed by atoms with E-state index >= 15 is 0 Å². The van der Waals surface area contributed by atoms with Crippen LogP contribution in [-0.2, 0) is 6.54 Å². The minimum atomic E-state index is 0.333. The summed E-state index contributed by atoms with van der Waals surface area (Å²) in [6.07, 6.45) is 5.32. The van der Waals surface area contributed by atoms with E-state index in [4.69, 9.17) is 0 Å². The van der Waals surface area contributed by atoms with Crippen molar-refractivity contribution >= 4 is 27.3 Å². The van der Waals surface area contributed by atoms with Gasteiger partial charge in [-0.25, -0.2) is 0 Å². The first-order valence-electron chi connectivity index (χ1n) is 7.89. The van der Waals surface area contributed by atoms with Crippen LogP contribution >= 0.6 is 27.3 Å². The van der Waals surface area contributed by atoms with Crippen LogP contribution in [0.2, 0.25) is 0 Å². The second kappa shape index (κ2) is 6.07. The zero-order valence-corrected chi connectivity index (χ0v) is 14.9. The lowest BCUT2D eigenvalue weighted by molar-refractivity contribution is 0.0565. The first kappa shape index (κ1) is 15.0. The number of nitrogens with one attached hydrogen (secondary N) is 1. The third kappa shape index (κ3) is 3.13. The minimum Gasteiger partial charge on any atom is -0.308 e. The Balaban J connectivity index is 1.74. The van der Waals surface area contributed by atoms with Gasteiger partial charge in [0.05, 0.1) is 3.79 Å². The number of hydrogen-bond donors (Lipinski definition) is 1. The van der Waals surface area contributed by atoms with Crippen LogP contribution in [0.3, 0.4) is 0 Å². The van der Waals surface area contributed by atoms with E-state index in [1.165, 1.54) is 47.4 Å². The van der Waals surface area contributed by atoms with Gasteiger partial charge in [-0.15, -0.1) is 11.3 Å². The summed E-state index contributed by atoms with van der Waals surface area (Å²) in [4.78, 5) is 4.25. The third-order valence-electron chi connectivity index (χ3n) is 5.17. The summed E-state index contributed by atoms with van der Waals surface area (Å²) in [5.41, 5.74) is 0.333. The van der Waals surface area contributed by atoms with E-state index in [2.05, 4.69) is 52.1 Å². The summed E-state index contributed by atoms with van der Waals surface area (Å²) in [6, 6.07) is 5.21. The molecular formula is C16H25BrN2S. The van der Waals surface area contributed by atoms with Crippen LogP contribution in [0.25, 0.3) is 0 Å². The summed E-state index contributed by atoms with van der Waals surface area (Å²) < 4.78 is 1.25. The summed E-state index contributed by atoms with van der Waals surface area (Å²) >= 11 is 5.48. The van der Waals surface area contributed by atoms with Crippen LogP contribution < -0.4 is 5.32 Å². The first-order valence-corrected chi connectivity index (χ1v) is 9.50. The van der Waals surface area contributed by atoms with E-state index in [0.717, 1.165) is 18.5 Å². The van der Waals surface area contributed by atoms with Crippen molar-refractivity contribution in [2.75, 3.05) is 13.1 Å². The predicted molar refractivity (Wildman–Crippen MR) is 90.3 cm³/mol. The Hall–Kier alpha value is 0.1000. The lowest BCUT2D eigenvalue weighted by Crippen LogP contribution is -2.64. The molecule has 2 nitrogen and oxygen atoms in total. The Morgan fingerprint density at radius 3 is 2.65 bits per heavy atom. The van der Waals surface area contributed by atoms with Crippen LogP contribution in [-0.4, -0.2) is 29.6 Å². The van der Waals surface area contributed by atoms with Crippen molar-refractivity contribution in [3.05, 3.63) is 20.8 Å². The average molecular weight is 357 g/mol. The fraction of sp³-hybridized carbons (Fsp3) is 0.750. The van der Waals surface area contributed by atoms with E-state index in [1.807, 2.05) is 11.3 Å². The monoisotopic (exact) mass is 356 g/mol. The number of halogens is 1. The maximum Gasteiger partial charge on any atom is 0.0701 e. The SMILES string of the molecule is CCC1(CC)CN(Cc2ccc(Br)s2)C(C2CC2)CN1. The molecule has 20 heavy (non-hydrogen) atoms. The molecule has 0 radical (unpaired) electrons. The van der Waals surface area contributed by atoms with Crippen LogP contribution in [0, 0.1) is 5.92 Å². The topological polar surface area (TPSA) is 15.3 Å². The van der Waals surface area contributed by atoms with Crippen molar-refractivity contribution in [2.45, 2.75) is 57.7 Å². The van der Waals surface area contributed by atoms with Gasteiger partial charge in [0.15, 0.2) is 0 Å². The first-order chi connectivity index (χ1) is 9.65. The largest absolute Gasteiger partial charge is 0.308 e. The molecule has 0 amide bonds. The van der Waals surface area contributed by atoms with Gasteiger partial charge in [-0.1, -0.05) is 13.8 Å². The lowest BCUT2D eigenvalue weighted by Gasteiger charge is -2.47. The molecule has 4 heteroatoms. The second-order valence-corrected chi connectivity index (χ2v) is 8.93. The molecule has 0 bridgehead atoms. The van der Waals surface area contributed by atoms with E-state index in [-0.39, 0.29) is 0 Å². The Labute approximate surface area is 135 Å². The molecule has 2 heterocycles. The number of piperazine rings is 1. The average Bonchev–Trinajstić information content (AvgIpc) is 3.22. The molecular weight excluding hydrogens is 332 g/mol. The highest BCUT2D eigenvalue weighted by Gasteiger charge is 2.42.